The van der Waals surface area contributed by atoms with E-state index in [1.54, 1.807) is 12.1 Å². The minimum Gasteiger partial charge on any atom is -0.504 e. The van der Waals surface area contributed by atoms with Gasteiger partial charge in [0, 0.05) is 6.21 Å². The first-order valence-corrected chi connectivity index (χ1v) is 6.91. The number of ether oxygens (including phenoxy) is 1. The summed E-state index contributed by atoms with van der Waals surface area (Å²) < 4.78 is 4.91. The molecule has 0 spiro atoms. The number of rotatable bonds is 7. The van der Waals surface area contributed by atoms with Gasteiger partial charge in [-0.05, 0) is 43.1 Å². The molecule has 0 saturated carbocycles. The molecule has 1 aromatic carbocycles. The van der Waals surface area contributed by atoms with E-state index < -0.39 is 12.0 Å². The van der Waals surface area contributed by atoms with Crippen molar-refractivity contribution in [3.05, 3.63) is 23.8 Å². The number of hydrogen-bond acceptors (Lipinski definition) is 5. The molecule has 0 aromatic heterocycles. The van der Waals surface area contributed by atoms with Crippen LogP contribution in [0.3, 0.4) is 0 Å². The number of nitrogens with two attached hydrogens (primary N) is 1. The summed E-state index contributed by atoms with van der Waals surface area (Å²) in [5.41, 5.74) is 5.95. The highest BCUT2D eigenvalue weighted by Crippen LogP contribution is 2.25. The van der Waals surface area contributed by atoms with E-state index in [2.05, 4.69) is 4.99 Å². The molecular formula is C15H24N2O4. The van der Waals surface area contributed by atoms with Gasteiger partial charge in [0.2, 0.25) is 0 Å². The molecule has 4 N–H and O–H groups in total. The number of hydrogen-bond donors (Lipinski definition) is 3. The van der Waals surface area contributed by atoms with Gasteiger partial charge in [0.25, 0.3) is 0 Å². The first kappa shape index (κ1) is 18.9. The lowest BCUT2D eigenvalue weighted by Crippen LogP contribution is -2.19. The second-order valence-corrected chi connectivity index (χ2v) is 3.99. The minimum atomic E-state index is -0.984. The number of methoxy groups -OCH3 is 1. The maximum Gasteiger partial charge on any atom is 0.328 e. The lowest BCUT2D eigenvalue weighted by Gasteiger charge is -2.06. The Morgan fingerprint density at radius 1 is 1.48 bits per heavy atom. The Labute approximate surface area is 125 Å². The van der Waals surface area contributed by atoms with Crippen LogP contribution in [-0.4, -0.2) is 42.1 Å². The van der Waals surface area contributed by atoms with Crippen LogP contribution in [0.1, 0.15) is 32.3 Å². The molecule has 0 bridgehead atoms. The van der Waals surface area contributed by atoms with Crippen molar-refractivity contribution in [1.82, 2.24) is 0 Å². The van der Waals surface area contributed by atoms with Crippen LogP contribution in [0.5, 0.6) is 11.5 Å². The molecule has 118 valence electrons. The maximum absolute atomic E-state index is 11.0. The van der Waals surface area contributed by atoms with Crippen molar-refractivity contribution in [2.75, 3.05) is 13.7 Å². The topological polar surface area (TPSA) is 105 Å². The van der Waals surface area contributed by atoms with Gasteiger partial charge in [-0.25, -0.2) is 4.79 Å². The fourth-order valence-electron chi connectivity index (χ4n) is 1.54. The molecule has 21 heavy (non-hydrogen) atoms. The molecule has 0 aliphatic heterocycles. The van der Waals surface area contributed by atoms with Crippen LogP contribution in [0.4, 0.5) is 0 Å². The van der Waals surface area contributed by atoms with Crippen molar-refractivity contribution in [3.63, 3.8) is 0 Å². The second-order valence-electron chi connectivity index (χ2n) is 3.99. The molecule has 0 saturated heterocycles. The number of benzene rings is 1. The molecule has 6 heteroatoms. The zero-order valence-corrected chi connectivity index (χ0v) is 12.7. The summed E-state index contributed by atoms with van der Waals surface area (Å²) in [5, 5.41) is 18.6. The molecule has 1 unspecified atom stereocenters. The van der Waals surface area contributed by atoms with E-state index in [9.17, 15) is 9.90 Å². The Balaban J connectivity index is 0.00000191. The third-order valence-electron chi connectivity index (χ3n) is 2.57. The number of aliphatic imine (C=N–C) groups is 1. The van der Waals surface area contributed by atoms with Crippen molar-refractivity contribution in [2.45, 2.75) is 32.7 Å². The molecular weight excluding hydrogens is 272 g/mol. The number of carboxylic acids is 1. The largest absolute Gasteiger partial charge is 0.504 e. The summed E-state index contributed by atoms with van der Waals surface area (Å²) in [6.45, 7) is 4.43. The van der Waals surface area contributed by atoms with Crippen molar-refractivity contribution in [2.24, 2.45) is 10.7 Å². The predicted octanol–water partition coefficient (Wildman–Crippen LogP) is 2.04. The molecule has 1 atom stereocenters. The van der Waals surface area contributed by atoms with Gasteiger partial charge in [0.1, 0.15) is 6.04 Å². The molecule has 0 heterocycles. The number of carbonyl (C=O) groups is 1. The molecule has 0 radical (unpaired) electrons. The minimum absolute atomic E-state index is 0.0136. The lowest BCUT2D eigenvalue weighted by molar-refractivity contribution is -0.138. The fraction of sp³-hybridized carbons (Fsp3) is 0.467. The summed E-state index contributed by atoms with van der Waals surface area (Å²) in [4.78, 5) is 15.0. The third kappa shape index (κ3) is 6.76. The number of aromatic hydroxyl groups is 1. The fourth-order valence-corrected chi connectivity index (χ4v) is 1.54. The lowest BCUT2D eigenvalue weighted by atomic mass is 10.1. The van der Waals surface area contributed by atoms with Crippen molar-refractivity contribution < 1.29 is 19.7 Å². The number of nitrogens with zero attached hydrogens (tertiary/aromatic N) is 1. The van der Waals surface area contributed by atoms with Gasteiger partial charge in [0.15, 0.2) is 11.5 Å². The maximum atomic E-state index is 11.0. The van der Waals surface area contributed by atoms with Gasteiger partial charge in [-0.15, -0.1) is 0 Å². The van der Waals surface area contributed by atoms with E-state index in [1.807, 2.05) is 13.8 Å². The van der Waals surface area contributed by atoms with Gasteiger partial charge in [-0.2, -0.15) is 0 Å². The normalized spacial score (nSPS) is 11.6. The van der Waals surface area contributed by atoms with Gasteiger partial charge >= 0.3 is 5.97 Å². The van der Waals surface area contributed by atoms with Crippen LogP contribution < -0.4 is 10.5 Å². The zero-order chi connectivity index (χ0) is 16.3. The number of carboxylic acid groups (broad SMARTS) is 1. The Hall–Kier alpha value is -2.08. The van der Waals surface area contributed by atoms with Gasteiger partial charge in [-0.3, -0.25) is 4.99 Å². The van der Waals surface area contributed by atoms with Gasteiger partial charge < -0.3 is 20.7 Å². The molecule has 0 fully saturated rings. The van der Waals surface area contributed by atoms with E-state index in [4.69, 9.17) is 15.6 Å². The first-order chi connectivity index (χ1) is 10.1. The molecule has 1 rings (SSSR count). The quantitative estimate of drug-likeness (QED) is 0.668. The molecule has 1 aromatic rings. The molecule has 0 aliphatic rings. The van der Waals surface area contributed by atoms with E-state index in [1.165, 1.54) is 19.4 Å². The average Bonchev–Trinajstić information content (AvgIpc) is 2.49. The van der Waals surface area contributed by atoms with Crippen LogP contribution in [0.2, 0.25) is 0 Å². The Kier molecular flexibility index (Phi) is 9.62. The zero-order valence-electron chi connectivity index (χ0n) is 12.7. The van der Waals surface area contributed by atoms with Crippen molar-refractivity contribution in [1.29, 1.82) is 0 Å². The van der Waals surface area contributed by atoms with Gasteiger partial charge in [-0.1, -0.05) is 13.8 Å². The molecule has 0 amide bonds. The average molecular weight is 296 g/mol. The van der Waals surface area contributed by atoms with Crippen LogP contribution in [-0.2, 0) is 4.79 Å². The second kappa shape index (κ2) is 10.7. The van der Waals surface area contributed by atoms with Gasteiger partial charge in [0.05, 0.1) is 7.11 Å². The predicted molar refractivity (Wildman–Crippen MR) is 83.3 cm³/mol. The highest BCUT2D eigenvalue weighted by molar-refractivity contribution is 5.84. The van der Waals surface area contributed by atoms with E-state index in [-0.39, 0.29) is 5.75 Å². The summed E-state index contributed by atoms with van der Waals surface area (Å²) in [6.07, 6.45) is 2.42. The number of phenols is 1. The number of phenolic OH excluding ortho intramolecular Hbond substituents is 1. The van der Waals surface area contributed by atoms with Crippen LogP contribution in [0.15, 0.2) is 23.2 Å². The first-order valence-electron chi connectivity index (χ1n) is 6.91. The highest BCUT2D eigenvalue weighted by atomic mass is 16.5. The van der Waals surface area contributed by atoms with Crippen LogP contribution in [0, 0.1) is 0 Å². The van der Waals surface area contributed by atoms with Crippen molar-refractivity contribution in [3.8, 4) is 11.5 Å². The van der Waals surface area contributed by atoms with E-state index in [0.717, 1.165) is 0 Å². The number of aliphatic carboxylic acids is 1. The monoisotopic (exact) mass is 296 g/mol. The summed E-state index contributed by atoms with van der Waals surface area (Å²) in [5.74, 6) is -0.641. The summed E-state index contributed by atoms with van der Waals surface area (Å²) in [6, 6.07) is 3.92. The Bertz CT molecular complexity index is 461. The van der Waals surface area contributed by atoms with Crippen LogP contribution in [0.25, 0.3) is 0 Å². The van der Waals surface area contributed by atoms with E-state index >= 15 is 0 Å². The Morgan fingerprint density at radius 2 is 2.14 bits per heavy atom. The smallest absolute Gasteiger partial charge is 0.328 e. The summed E-state index contributed by atoms with van der Waals surface area (Å²) in [7, 11) is 1.45. The van der Waals surface area contributed by atoms with Crippen LogP contribution >= 0.6 is 0 Å². The third-order valence-corrected chi connectivity index (χ3v) is 2.57. The molecule has 0 aliphatic carbocycles. The standard InChI is InChI=1S/C13H18N2O4.C2H6/c1-19-12-5-4-9(7-11(12)16)8-15-10(13(17)18)3-2-6-14;1-2/h4-5,7-8,10,16H,2-3,6,14H2,1H3,(H,17,18);1-2H3. The summed E-state index contributed by atoms with van der Waals surface area (Å²) >= 11 is 0. The SMILES string of the molecule is CC.COc1ccc(C=NC(CCCN)C(=O)O)cc1O. The van der Waals surface area contributed by atoms with E-state index in [0.29, 0.717) is 30.7 Å². The highest BCUT2D eigenvalue weighted by Gasteiger charge is 2.14. The van der Waals surface area contributed by atoms with Crippen molar-refractivity contribution >= 4 is 12.2 Å². The Morgan fingerprint density at radius 3 is 2.62 bits per heavy atom. The molecule has 6 nitrogen and oxygen atoms in total.